The average Bonchev–Trinajstić information content (AvgIpc) is 2.75. The summed E-state index contributed by atoms with van der Waals surface area (Å²) in [5, 5.41) is 16.7. The Kier molecular flexibility index (Phi) is 11.2. The lowest BCUT2D eigenvalue weighted by atomic mass is 10.0. The Balaban J connectivity index is 2.87. The molecule has 32 heavy (non-hydrogen) atoms. The number of carboxylic acid groups (broad SMARTS) is 1. The van der Waals surface area contributed by atoms with Crippen molar-refractivity contribution in [2.45, 2.75) is 50.4 Å². The first kappa shape index (κ1) is 26.9. The van der Waals surface area contributed by atoms with Gasteiger partial charge in [0, 0.05) is 18.6 Å². The van der Waals surface area contributed by atoms with E-state index < -0.39 is 53.8 Å². The van der Waals surface area contributed by atoms with E-state index in [9.17, 15) is 29.1 Å². The van der Waals surface area contributed by atoms with Crippen molar-refractivity contribution in [2.75, 3.05) is 5.75 Å². The van der Waals surface area contributed by atoms with Crippen LogP contribution in [0.25, 0.3) is 0 Å². The van der Waals surface area contributed by atoms with E-state index in [2.05, 4.69) is 28.6 Å². The minimum absolute atomic E-state index is 0.0203. The molecule has 176 valence electrons. The van der Waals surface area contributed by atoms with Gasteiger partial charge in [0.05, 0.1) is 6.04 Å². The first-order valence-corrected chi connectivity index (χ1v) is 10.5. The van der Waals surface area contributed by atoms with Crippen molar-refractivity contribution >= 4 is 42.2 Å². The molecule has 4 amide bonds. The highest BCUT2D eigenvalue weighted by molar-refractivity contribution is 7.80. The maximum absolute atomic E-state index is 12.7. The first-order chi connectivity index (χ1) is 15.0. The van der Waals surface area contributed by atoms with Gasteiger partial charge >= 0.3 is 5.97 Å². The van der Waals surface area contributed by atoms with E-state index >= 15 is 0 Å². The van der Waals surface area contributed by atoms with Crippen molar-refractivity contribution in [1.29, 1.82) is 0 Å². The summed E-state index contributed by atoms with van der Waals surface area (Å²) in [7, 11) is 0. The Morgan fingerprint density at radius 2 is 1.56 bits per heavy atom. The van der Waals surface area contributed by atoms with E-state index in [0.29, 0.717) is 5.56 Å². The molecule has 0 saturated heterocycles. The molecule has 1 rings (SSSR count). The Morgan fingerprint density at radius 1 is 0.969 bits per heavy atom. The number of carboxylic acids is 1. The molecule has 0 saturated carbocycles. The summed E-state index contributed by atoms with van der Waals surface area (Å²) in [5.41, 5.74) is 11.4. The molecular weight excluding hydrogens is 438 g/mol. The SMILES string of the molecule is CC(NC(=O)C(N)CS)C(=O)NC(CCC(N)=O)C(=O)NC(Cc1ccccc1)C(=O)O. The molecule has 0 aliphatic carbocycles. The number of carbonyl (C=O) groups excluding carboxylic acids is 4. The van der Waals surface area contributed by atoms with Crippen LogP contribution in [0.4, 0.5) is 0 Å². The number of aliphatic carboxylic acids is 1. The molecule has 0 fully saturated rings. The lowest BCUT2D eigenvalue weighted by molar-refractivity contribution is -0.142. The lowest BCUT2D eigenvalue weighted by Crippen LogP contribution is -2.56. The van der Waals surface area contributed by atoms with Gasteiger partial charge in [-0.05, 0) is 18.9 Å². The fourth-order valence-electron chi connectivity index (χ4n) is 2.64. The summed E-state index contributed by atoms with van der Waals surface area (Å²) in [6, 6.07) is 4.21. The number of nitrogens with one attached hydrogen (secondary N) is 3. The van der Waals surface area contributed by atoms with Crippen LogP contribution in [0.5, 0.6) is 0 Å². The second kappa shape index (κ2) is 13.3. The van der Waals surface area contributed by atoms with Crippen molar-refractivity contribution in [2.24, 2.45) is 11.5 Å². The van der Waals surface area contributed by atoms with Crippen molar-refractivity contribution in [3.8, 4) is 0 Å². The number of rotatable bonds is 13. The maximum atomic E-state index is 12.7. The summed E-state index contributed by atoms with van der Waals surface area (Å²) < 4.78 is 0. The molecule has 0 spiro atoms. The molecule has 0 radical (unpaired) electrons. The van der Waals surface area contributed by atoms with E-state index in [4.69, 9.17) is 11.5 Å². The molecule has 1 aromatic rings. The predicted molar refractivity (Wildman–Crippen MR) is 120 cm³/mol. The summed E-state index contributed by atoms with van der Waals surface area (Å²) in [6.45, 7) is 1.39. The zero-order chi connectivity index (χ0) is 24.3. The van der Waals surface area contributed by atoms with E-state index in [-0.39, 0.29) is 25.0 Å². The van der Waals surface area contributed by atoms with Crippen molar-refractivity contribution in [1.82, 2.24) is 16.0 Å². The van der Waals surface area contributed by atoms with E-state index in [1.165, 1.54) is 6.92 Å². The molecule has 11 nitrogen and oxygen atoms in total. The van der Waals surface area contributed by atoms with Crippen LogP contribution in [0.1, 0.15) is 25.3 Å². The van der Waals surface area contributed by atoms with Gasteiger partial charge in [0.15, 0.2) is 0 Å². The molecule has 0 aliphatic heterocycles. The van der Waals surface area contributed by atoms with Crippen LogP contribution in [-0.2, 0) is 30.4 Å². The maximum Gasteiger partial charge on any atom is 0.326 e. The number of carbonyl (C=O) groups is 5. The van der Waals surface area contributed by atoms with Crippen molar-refractivity contribution < 1.29 is 29.1 Å². The first-order valence-electron chi connectivity index (χ1n) is 9.87. The van der Waals surface area contributed by atoms with Crippen LogP contribution in [-0.4, -0.2) is 64.6 Å². The van der Waals surface area contributed by atoms with Gasteiger partial charge in [-0.1, -0.05) is 30.3 Å². The van der Waals surface area contributed by atoms with Gasteiger partial charge in [0.2, 0.25) is 23.6 Å². The standard InChI is InChI=1S/C20H29N5O6S/c1-11(23-18(28)13(21)10-32)17(27)24-14(7-8-16(22)26)19(29)25-15(20(30)31)9-12-5-3-2-4-6-12/h2-6,11,13-15,32H,7-10,21H2,1H3,(H2,22,26)(H,23,28)(H,24,27)(H,25,29)(H,30,31). The third-order valence-corrected chi connectivity index (χ3v) is 4.89. The second-order valence-electron chi connectivity index (χ2n) is 7.17. The Bertz CT molecular complexity index is 822. The zero-order valence-corrected chi connectivity index (χ0v) is 18.5. The fourth-order valence-corrected chi connectivity index (χ4v) is 2.81. The molecule has 0 aromatic heterocycles. The van der Waals surface area contributed by atoms with Gasteiger partial charge < -0.3 is 32.5 Å². The van der Waals surface area contributed by atoms with E-state index in [0.717, 1.165) is 0 Å². The quantitative estimate of drug-likeness (QED) is 0.168. The van der Waals surface area contributed by atoms with Crippen LogP contribution in [0.2, 0.25) is 0 Å². The number of hydrogen-bond acceptors (Lipinski definition) is 7. The number of primary amides is 1. The van der Waals surface area contributed by atoms with Crippen LogP contribution in [0.15, 0.2) is 30.3 Å². The van der Waals surface area contributed by atoms with Gasteiger partial charge in [-0.2, -0.15) is 12.6 Å². The van der Waals surface area contributed by atoms with E-state index in [1.807, 2.05) is 0 Å². The number of benzene rings is 1. The topological polar surface area (TPSA) is 194 Å². The molecule has 0 bridgehead atoms. The molecule has 0 heterocycles. The molecule has 0 aliphatic rings. The average molecular weight is 468 g/mol. The zero-order valence-electron chi connectivity index (χ0n) is 17.6. The van der Waals surface area contributed by atoms with Crippen LogP contribution in [0, 0.1) is 0 Å². The van der Waals surface area contributed by atoms with Gasteiger partial charge in [-0.15, -0.1) is 0 Å². The highest BCUT2D eigenvalue weighted by Gasteiger charge is 2.29. The Morgan fingerprint density at radius 3 is 2.09 bits per heavy atom. The number of thiol groups is 1. The molecule has 1 aromatic carbocycles. The monoisotopic (exact) mass is 467 g/mol. The summed E-state index contributed by atoms with van der Waals surface area (Å²) in [5.74, 6) is -4.00. The Hall–Kier alpha value is -3.12. The van der Waals surface area contributed by atoms with Gasteiger partial charge in [-0.25, -0.2) is 4.79 Å². The van der Waals surface area contributed by atoms with Gasteiger partial charge in [0.1, 0.15) is 18.1 Å². The van der Waals surface area contributed by atoms with Gasteiger partial charge in [-0.3, -0.25) is 19.2 Å². The minimum Gasteiger partial charge on any atom is -0.480 e. The lowest BCUT2D eigenvalue weighted by Gasteiger charge is -2.23. The Labute approximate surface area is 191 Å². The highest BCUT2D eigenvalue weighted by Crippen LogP contribution is 2.06. The number of amides is 4. The molecule has 4 unspecified atom stereocenters. The van der Waals surface area contributed by atoms with Crippen LogP contribution in [0.3, 0.4) is 0 Å². The summed E-state index contributed by atoms with van der Waals surface area (Å²) in [6.07, 6.45) is -0.353. The van der Waals surface area contributed by atoms with Gasteiger partial charge in [0.25, 0.3) is 0 Å². The largest absolute Gasteiger partial charge is 0.480 e. The number of nitrogens with two attached hydrogens (primary N) is 2. The fraction of sp³-hybridized carbons (Fsp3) is 0.450. The highest BCUT2D eigenvalue weighted by atomic mass is 32.1. The minimum atomic E-state index is -1.26. The predicted octanol–water partition coefficient (Wildman–Crippen LogP) is -1.69. The molecule has 8 N–H and O–H groups in total. The molecule has 4 atom stereocenters. The smallest absolute Gasteiger partial charge is 0.326 e. The third kappa shape index (κ3) is 9.35. The summed E-state index contributed by atoms with van der Waals surface area (Å²) >= 11 is 3.91. The molecule has 12 heteroatoms. The molecular formula is C20H29N5O6S. The summed E-state index contributed by atoms with van der Waals surface area (Å²) in [4.78, 5) is 59.9. The van der Waals surface area contributed by atoms with Crippen LogP contribution >= 0.6 is 12.6 Å². The van der Waals surface area contributed by atoms with Crippen molar-refractivity contribution in [3.63, 3.8) is 0 Å². The number of hydrogen-bond donors (Lipinski definition) is 7. The normalized spacial score (nSPS) is 14.3. The van der Waals surface area contributed by atoms with Crippen LogP contribution < -0.4 is 27.4 Å². The second-order valence-corrected chi connectivity index (χ2v) is 7.54. The van der Waals surface area contributed by atoms with Crippen molar-refractivity contribution in [3.05, 3.63) is 35.9 Å². The third-order valence-electron chi connectivity index (χ3n) is 4.50. The van der Waals surface area contributed by atoms with E-state index in [1.54, 1.807) is 30.3 Å².